The molecule has 0 unspecified atom stereocenters. The standard InChI is InChI=1S/C23H37N5OS/c29-22(26-19-23(8-3-4-9-23)28-13-15-30-16-14-28)25-18-20-7-10-24-21(17-20)27-11-5-1-2-6-12-27/h7,10,17H,1-6,8-9,11-16,18-19H2,(H2,25,26,29). The summed E-state index contributed by atoms with van der Waals surface area (Å²) < 4.78 is 0. The molecular formula is C23H37N5OS. The van der Waals surface area contributed by atoms with E-state index >= 15 is 0 Å². The second-order valence-corrected chi connectivity index (χ2v) is 10.2. The van der Waals surface area contributed by atoms with Gasteiger partial charge in [-0.2, -0.15) is 11.8 Å². The van der Waals surface area contributed by atoms with Gasteiger partial charge in [-0.05, 0) is 43.4 Å². The lowest BCUT2D eigenvalue weighted by Gasteiger charge is -2.43. The van der Waals surface area contributed by atoms with Gasteiger partial charge in [0.1, 0.15) is 5.82 Å². The number of aromatic nitrogens is 1. The molecule has 2 N–H and O–H groups in total. The van der Waals surface area contributed by atoms with E-state index in [-0.39, 0.29) is 11.6 Å². The van der Waals surface area contributed by atoms with Crippen LogP contribution in [0.15, 0.2) is 18.3 Å². The van der Waals surface area contributed by atoms with E-state index in [0.29, 0.717) is 6.54 Å². The fraction of sp³-hybridized carbons (Fsp3) is 0.739. The van der Waals surface area contributed by atoms with Crippen LogP contribution in [-0.4, -0.2) is 65.7 Å². The van der Waals surface area contributed by atoms with Crippen LogP contribution in [0.5, 0.6) is 0 Å². The Morgan fingerprint density at radius 2 is 1.73 bits per heavy atom. The number of carbonyl (C=O) groups is 1. The smallest absolute Gasteiger partial charge is 0.315 e. The van der Waals surface area contributed by atoms with Gasteiger partial charge in [0.2, 0.25) is 0 Å². The van der Waals surface area contributed by atoms with E-state index in [0.717, 1.165) is 44.1 Å². The molecule has 4 rings (SSSR count). The van der Waals surface area contributed by atoms with Crippen molar-refractivity contribution in [1.82, 2.24) is 20.5 Å². The van der Waals surface area contributed by atoms with Crippen molar-refractivity contribution in [3.63, 3.8) is 0 Å². The largest absolute Gasteiger partial charge is 0.357 e. The second kappa shape index (κ2) is 10.7. The monoisotopic (exact) mass is 431 g/mol. The second-order valence-electron chi connectivity index (χ2n) is 8.99. The first-order chi connectivity index (χ1) is 14.8. The first-order valence-corrected chi connectivity index (χ1v) is 13.0. The van der Waals surface area contributed by atoms with E-state index < -0.39 is 0 Å². The topological polar surface area (TPSA) is 60.5 Å². The molecule has 1 aromatic rings. The molecule has 166 valence electrons. The Kier molecular flexibility index (Phi) is 7.77. The minimum atomic E-state index is -0.0548. The van der Waals surface area contributed by atoms with Crippen LogP contribution < -0.4 is 15.5 Å². The first-order valence-electron chi connectivity index (χ1n) is 11.8. The van der Waals surface area contributed by atoms with Gasteiger partial charge in [-0.1, -0.05) is 25.7 Å². The van der Waals surface area contributed by atoms with Crippen molar-refractivity contribution in [3.8, 4) is 0 Å². The zero-order valence-corrected chi connectivity index (χ0v) is 19.0. The van der Waals surface area contributed by atoms with E-state index in [1.165, 1.54) is 62.9 Å². The molecule has 3 aliphatic rings. The Hall–Kier alpha value is -1.47. The Balaban J connectivity index is 1.27. The lowest BCUT2D eigenvalue weighted by Crippen LogP contribution is -2.57. The van der Waals surface area contributed by atoms with Gasteiger partial charge in [0, 0.05) is 62.5 Å². The van der Waals surface area contributed by atoms with Crippen LogP contribution >= 0.6 is 11.8 Å². The number of rotatable bonds is 6. The maximum atomic E-state index is 12.6. The third-order valence-electron chi connectivity index (χ3n) is 6.99. The van der Waals surface area contributed by atoms with Gasteiger partial charge in [0.05, 0.1) is 0 Å². The number of nitrogens with one attached hydrogen (secondary N) is 2. The molecule has 30 heavy (non-hydrogen) atoms. The minimum absolute atomic E-state index is 0.0548. The van der Waals surface area contributed by atoms with Gasteiger partial charge in [-0.25, -0.2) is 9.78 Å². The van der Waals surface area contributed by atoms with Crippen molar-refractivity contribution in [2.24, 2.45) is 0 Å². The molecule has 7 heteroatoms. The fourth-order valence-electron chi connectivity index (χ4n) is 5.21. The van der Waals surface area contributed by atoms with Gasteiger partial charge >= 0.3 is 6.03 Å². The van der Waals surface area contributed by atoms with Crippen LogP contribution in [0, 0.1) is 0 Å². The van der Waals surface area contributed by atoms with E-state index in [4.69, 9.17) is 0 Å². The summed E-state index contributed by atoms with van der Waals surface area (Å²) in [6.07, 6.45) is 12.0. The number of hydrogen-bond acceptors (Lipinski definition) is 5. The number of carbonyl (C=O) groups excluding carboxylic acids is 1. The molecule has 6 nitrogen and oxygen atoms in total. The highest BCUT2D eigenvalue weighted by Gasteiger charge is 2.40. The Morgan fingerprint density at radius 1 is 1.00 bits per heavy atom. The molecule has 2 aliphatic heterocycles. The van der Waals surface area contributed by atoms with E-state index in [1.54, 1.807) is 0 Å². The number of amides is 2. The molecule has 0 radical (unpaired) electrons. The lowest BCUT2D eigenvalue weighted by atomic mass is 9.94. The van der Waals surface area contributed by atoms with Crippen LogP contribution in [0.25, 0.3) is 0 Å². The Bertz CT molecular complexity index is 680. The van der Waals surface area contributed by atoms with Crippen LogP contribution in [-0.2, 0) is 6.54 Å². The molecule has 0 bridgehead atoms. The van der Waals surface area contributed by atoms with Gasteiger partial charge in [0.25, 0.3) is 0 Å². The van der Waals surface area contributed by atoms with Crippen LogP contribution in [0.3, 0.4) is 0 Å². The number of thioether (sulfide) groups is 1. The molecule has 1 aliphatic carbocycles. The van der Waals surface area contributed by atoms with Crippen molar-refractivity contribution < 1.29 is 4.79 Å². The van der Waals surface area contributed by atoms with Crippen molar-refractivity contribution >= 4 is 23.6 Å². The number of anilines is 1. The maximum absolute atomic E-state index is 12.6. The molecule has 1 saturated carbocycles. The van der Waals surface area contributed by atoms with E-state index in [9.17, 15) is 4.79 Å². The highest BCUT2D eigenvalue weighted by Crippen LogP contribution is 2.36. The molecule has 0 spiro atoms. The van der Waals surface area contributed by atoms with Crippen LogP contribution in [0.1, 0.15) is 56.9 Å². The average molecular weight is 432 g/mol. The molecule has 0 aromatic carbocycles. The average Bonchev–Trinajstić information content (AvgIpc) is 3.12. The SMILES string of the molecule is O=C(NCc1ccnc(N2CCCCCC2)c1)NCC1(N2CCSCC2)CCCC1. The van der Waals surface area contributed by atoms with E-state index in [1.807, 2.05) is 24.0 Å². The molecular weight excluding hydrogens is 394 g/mol. The first kappa shape index (κ1) is 21.8. The highest BCUT2D eigenvalue weighted by atomic mass is 32.2. The zero-order valence-electron chi connectivity index (χ0n) is 18.2. The van der Waals surface area contributed by atoms with Crippen LogP contribution in [0.2, 0.25) is 0 Å². The van der Waals surface area contributed by atoms with Crippen molar-refractivity contribution in [3.05, 3.63) is 23.9 Å². The number of nitrogens with zero attached hydrogens (tertiary/aromatic N) is 3. The quantitative estimate of drug-likeness (QED) is 0.720. The van der Waals surface area contributed by atoms with Gasteiger partial charge in [-0.3, -0.25) is 4.90 Å². The predicted molar refractivity (Wildman–Crippen MR) is 125 cm³/mol. The minimum Gasteiger partial charge on any atom is -0.357 e. The third-order valence-corrected chi connectivity index (χ3v) is 7.93. The molecule has 1 aromatic heterocycles. The van der Waals surface area contributed by atoms with Gasteiger partial charge in [-0.15, -0.1) is 0 Å². The Morgan fingerprint density at radius 3 is 2.47 bits per heavy atom. The summed E-state index contributed by atoms with van der Waals surface area (Å²) in [5.74, 6) is 3.48. The van der Waals surface area contributed by atoms with Crippen molar-refractivity contribution in [1.29, 1.82) is 0 Å². The van der Waals surface area contributed by atoms with Crippen LogP contribution in [0.4, 0.5) is 10.6 Å². The predicted octanol–water partition coefficient (Wildman–Crippen LogP) is 3.62. The molecule has 3 heterocycles. The summed E-state index contributed by atoms with van der Waals surface area (Å²) in [6, 6.07) is 4.08. The van der Waals surface area contributed by atoms with Crippen molar-refractivity contribution in [2.75, 3.05) is 49.1 Å². The highest BCUT2D eigenvalue weighted by molar-refractivity contribution is 7.99. The molecule has 3 fully saturated rings. The van der Waals surface area contributed by atoms with Gasteiger partial charge in [0.15, 0.2) is 0 Å². The molecule has 0 atom stereocenters. The summed E-state index contributed by atoms with van der Waals surface area (Å²) in [4.78, 5) is 22.2. The number of pyridine rings is 1. The Labute approximate surface area is 185 Å². The summed E-state index contributed by atoms with van der Waals surface area (Å²) in [5, 5.41) is 6.26. The normalized spacial score (nSPS) is 22.5. The lowest BCUT2D eigenvalue weighted by molar-refractivity contribution is 0.104. The van der Waals surface area contributed by atoms with Crippen molar-refractivity contribution in [2.45, 2.75) is 63.5 Å². The number of urea groups is 1. The third kappa shape index (κ3) is 5.61. The van der Waals surface area contributed by atoms with E-state index in [2.05, 4.69) is 31.5 Å². The van der Waals surface area contributed by atoms with Gasteiger partial charge < -0.3 is 15.5 Å². The summed E-state index contributed by atoms with van der Waals surface area (Å²) >= 11 is 2.05. The summed E-state index contributed by atoms with van der Waals surface area (Å²) in [7, 11) is 0. The fourth-order valence-corrected chi connectivity index (χ4v) is 6.11. The number of hydrogen-bond donors (Lipinski definition) is 2. The molecule has 2 amide bonds. The maximum Gasteiger partial charge on any atom is 0.315 e. The molecule has 2 saturated heterocycles. The summed E-state index contributed by atoms with van der Waals surface area (Å²) in [5.41, 5.74) is 1.29. The zero-order chi connectivity index (χ0) is 20.7. The summed E-state index contributed by atoms with van der Waals surface area (Å²) in [6.45, 7) is 5.79.